The highest BCUT2D eigenvalue weighted by atomic mass is 35.5. The van der Waals surface area contributed by atoms with Crippen molar-refractivity contribution >= 4 is 33.6 Å². The monoisotopic (exact) mass is 338 g/mol. The van der Waals surface area contributed by atoms with Crippen LogP contribution in [0.5, 0.6) is 0 Å². The summed E-state index contributed by atoms with van der Waals surface area (Å²) in [6.45, 7) is 3.92. The van der Waals surface area contributed by atoms with Crippen molar-refractivity contribution in [2.45, 2.75) is 19.9 Å². The molecule has 2 aromatic heterocycles. The van der Waals surface area contributed by atoms with E-state index < -0.39 is 0 Å². The summed E-state index contributed by atoms with van der Waals surface area (Å²) in [4.78, 5) is 17.5. The maximum atomic E-state index is 12.8. The summed E-state index contributed by atoms with van der Waals surface area (Å²) in [7, 11) is 0. The van der Waals surface area contributed by atoms with Crippen LogP contribution in [0.4, 0.5) is 0 Å². The molecule has 0 amide bonds. The maximum Gasteiger partial charge on any atom is 0.261 e. The quantitative estimate of drug-likeness (QED) is 0.514. The Morgan fingerprint density at radius 3 is 2.38 bits per heavy atom. The molecule has 4 rings (SSSR count). The lowest BCUT2D eigenvalue weighted by atomic mass is 10.1. The topological polar surface area (TPSA) is 48.0 Å². The fourth-order valence-corrected chi connectivity index (χ4v) is 3.06. The van der Waals surface area contributed by atoms with Crippen LogP contribution in [-0.2, 0) is 0 Å². The maximum absolute atomic E-state index is 12.8. The number of rotatable bonds is 2. The Labute approximate surface area is 143 Å². The molecule has 0 saturated heterocycles. The van der Waals surface area contributed by atoms with E-state index in [-0.39, 0.29) is 11.6 Å². The molecule has 0 N–H and O–H groups in total. The molecule has 0 radical (unpaired) electrons. The van der Waals surface area contributed by atoms with Crippen LogP contribution in [0.15, 0.2) is 57.7 Å². The summed E-state index contributed by atoms with van der Waals surface area (Å²) in [6, 6.07) is 14.7. The van der Waals surface area contributed by atoms with Gasteiger partial charge in [0.15, 0.2) is 0 Å². The van der Waals surface area contributed by atoms with Gasteiger partial charge >= 0.3 is 0 Å². The first-order chi connectivity index (χ1) is 11.6. The standard InChI is InChI=1S/C19H15ClN2O2/c1-11(2)22-18(23)15-6-4-3-5-14(15)16-19(22)24-17(21-16)12-7-9-13(20)10-8-12/h3-11H,1-2H3. The highest BCUT2D eigenvalue weighted by Crippen LogP contribution is 2.29. The van der Waals surface area contributed by atoms with Gasteiger partial charge < -0.3 is 4.42 Å². The van der Waals surface area contributed by atoms with Gasteiger partial charge in [0.05, 0.1) is 0 Å². The van der Waals surface area contributed by atoms with E-state index in [0.717, 1.165) is 10.9 Å². The third-order valence-electron chi connectivity index (χ3n) is 4.07. The van der Waals surface area contributed by atoms with E-state index in [1.807, 2.05) is 50.2 Å². The molecule has 0 unspecified atom stereocenters. The minimum absolute atomic E-state index is 0.0318. The number of hydrogen-bond acceptors (Lipinski definition) is 3. The van der Waals surface area contributed by atoms with Gasteiger partial charge in [0.1, 0.15) is 5.52 Å². The predicted molar refractivity (Wildman–Crippen MR) is 96.6 cm³/mol. The average molecular weight is 339 g/mol. The largest absolute Gasteiger partial charge is 0.419 e. The second-order valence-electron chi connectivity index (χ2n) is 5.99. The van der Waals surface area contributed by atoms with Crippen LogP contribution >= 0.6 is 11.6 Å². The van der Waals surface area contributed by atoms with Crippen molar-refractivity contribution in [3.63, 3.8) is 0 Å². The second kappa shape index (κ2) is 5.49. The third kappa shape index (κ3) is 2.22. The van der Waals surface area contributed by atoms with Crippen LogP contribution in [0.2, 0.25) is 5.02 Å². The molecule has 0 bridgehead atoms. The summed E-state index contributed by atoms with van der Waals surface area (Å²) in [6.07, 6.45) is 0. The SMILES string of the molecule is CC(C)n1c(=O)c2ccccc2c2nc(-c3ccc(Cl)cc3)oc21. The van der Waals surface area contributed by atoms with Crippen LogP contribution in [0.3, 0.4) is 0 Å². The van der Waals surface area contributed by atoms with Gasteiger partial charge in [0, 0.05) is 27.4 Å². The zero-order chi connectivity index (χ0) is 16.8. The van der Waals surface area contributed by atoms with Gasteiger partial charge in [-0.1, -0.05) is 29.8 Å². The summed E-state index contributed by atoms with van der Waals surface area (Å²) in [5.74, 6) is 0.479. The van der Waals surface area contributed by atoms with E-state index in [1.54, 1.807) is 16.7 Å². The molecule has 0 aliphatic heterocycles. The number of oxazole rings is 1. The fraction of sp³-hybridized carbons (Fsp3) is 0.158. The molecule has 4 aromatic rings. The zero-order valence-corrected chi connectivity index (χ0v) is 14.0. The Hall–Kier alpha value is -2.59. The van der Waals surface area contributed by atoms with Gasteiger partial charge in [-0.2, -0.15) is 0 Å². The first-order valence-corrected chi connectivity index (χ1v) is 8.14. The number of fused-ring (bicyclic) bond motifs is 3. The predicted octanol–water partition coefficient (Wildman–Crippen LogP) is 5.04. The van der Waals surface area contributed by atoms with Gasteiger partial charge in [-0.15, -0.1) is 0 Å². The summed E-state index contributed by atoms with van der Waals surface area (Å²) < 4.78 is 7.64. The molecule has 0 atom stereocenters. The van der Waals surface area contributed by atoms with Gasteiger partial charge in [-0.3, -0.25) is 9.36 Å². The molecule has 5 heteroatoms. The number of aromatic nitrogens is 2. The Bertz CT molecular complexity index is 1110. The van der Waals surface area contributed by atoms with Crippen LogP contribution in [0.25, 0.3) is 33.5 Å². The zero-order valence-electron chi connectivity index (χ0n) is 13.3. The number of hydrogen-bond donors (Lipinski definition) is 0. The molecule has 0 saturated carbocycles. The molecule has 0 spiro atoms. The lowest BCUT2D eigenvalue weighted by Crippen LogP contribution is -2.22. The smallest absolute Gasteiger partial charge is 0.261 e. The third-order valence-corrected chi connectivity index (χ3v) is 4.32. The highest BCUT2D eigenvalue weighted by molar-refractivity contribution is 6.30. The molecule has 2 aromatic carbocycles. The van der Waals surface area contributed by atoms with E-state index >= 15 is 0 Å². The van der Waals surface area contributed by atoms with Gasteiger partial charge in [-0.05, 0) is 44.2 Å². The van der Waals surface area contributed by atoms with E-state index in [2.05, 4.69) is 4.98 Å². The molecular formula is C19H15ClN2O2. The molecular weight excluding hydrogens is 324 g/mol. The van der Waals surface area contributed by atoms with Crippen molar-refractivity contribution in [1.29, 1.82) is 0 Å². The van der Waals surface area contributed by atoms with E-state index in [0.29, 0.717) is 27.5 Å². The highest BCUT2D eigenvalue weighted by Gasteiger charge is 2.19. The van der Waals surface area contributed by atoms with Gasteiger partial charge in [0.25, 0.3) is 5.56 Å². The molecule has 24 heavy (non-hydrogen) atoms. The van der Waals surface area contributed by atoms with Crippen molar-refractivity contribution < 1.29 is 4.42 Å². The van der Waals surface area contributed by atoms with Crippen LogP contribution in [-0.4, -0.2) is 9.55 Å². The van der Waals surface area contributed by atoms with Gasteiger partial charge in [0.2, 0.25) is 11.6 Å². The van der Waals surface area contributed by atoms with E-state index in [9.17, 15) is 4.79 Å². The Kier molecular flexibility index (Phi) is 3.43. The molecule has 4 nitrogen and oxygen atoms in total. The normalized spacial score (nSPS) is 11.7. The van der Waals surface area contributed by atoms with Crippen molar-refractivity contribution in [3.8, 4) is 11.5 Å². The summed E-state index contributed by atoms with van der Waals surface area (Å²) in [5, 5.41) is 2.10. The lowest BCUT2D eigenvalue weighted by Gasteiger charge is -2.11. The van der Waals surface area contributed by atoms with Crippen molar-refractivity contribution in [1.82, 2.24) is 9.55 Å². The number of benzene rings is 2. The van der Waals surface area contributed by atoms with E-state index in [1.165, 1.54) is 0 Å². The molecule has 120 valence electrons. The fourth-order valence-electron chi connectivity index (χ4n) is 2.93. The Morgan fingerprint density at radius 2 is 1.71 bits per heavy atom. The number of halogens is 1. The first-order valence-electron chi connectivity index (χ1n) is 7.76. The number of pyridine rings is 1. The second-order valence-corrected chi connectivity index (χ2v) is 6.43. The van der Waals surface area contributed by atoms with Crippen molar-refractivity contribution in [3.05, 3.63) is 63.9 Å². The summed E-state index contributed by atoms with van der Waals surface area (Å²) in [5.41, 5.74) is 1.96. The summed E-state index contributed by atoms with van der Waals surface area (Å²) >= 11 is 5.95. The van der Waals surface area contributed by atoms with Gasteiger partial charge in [-0.25, -0.2) is 4.98 Å². The van der Waals surface area contributed by atoms with Crippen LogP contribution in [0, 0.1) is 0 Å². The van der Waals surface area contributed by atoms with Crippen LogP contribution in [0.1, 0.15) is 19.9 Å². The number of nitrogens with zero attached hydrogens (tertiary/aromatic N) is 2. The Morgan fingerprint density at radius 1 is 1.04 bits per heavy atom. The molecule has 0 fully saturated rings. The molecule has 0 aliphatic rings. The lowest BCUT2D eigenvalue weighted by molar-refractivity contribution is 0.523. The van der Waals surface area contributed by atoms with Crippen molar-refractivity contribution in [2.24, 2.45) is 0 Å². The minimum atomic E-state index is -0.0630. The van der Waals surface area contributed by atoms with Crippen molar-refractivity contribution in [2.75, 3.05) is 0 Å². The molecule has 2 heterocycles. The molecule has 0 aliphatic carbocycles. The average Bonchev–Trinajstić information content (AvgIpc) is 3.00. The van der Waals surface area contributed by atoms with E-state index in [4.69, 9.17) is 16.0 Å². The minimum Gasteiger partial charge on any atom is -0.419 e. The Balaban J connectivity index is 2.11. The first kappa shape index (κ1) is 15.0. The van der Waals surface area contributed by atoms with Crippen LogP contribution < -0.4 is 5.56 Å².